The number of aryl methyl sites for hydroxylation is 1. The van der Waals surface area contributed by atoms with E-state index in [1.807, 2.05) is 61.1 Å². The number of fused-ring (bicyclic) bond motifs is 1. The van der Waals surface area contributed by atoms with Crippen molar-refractivity contribution in [2.75, 3.05) is 5.32 Å². The maximum Gasteiger partial charge on any atom is 0.155 e. The molecule has 154 valence electrons. The number of anilines is 1. The first-order valence-corrected chi connectivity index (χ1v) is 9.93. The van der Waals surface area contributed by atoms with Crippen molar-refractivity contribution in [1.29, 1.82) is 0 Å². The molecule has 0 saturated carbocycles. The smallest absolute Gasteiger partial charge is 0.155 e. The summed E-state index contributed by atoms with van der Waals surface area (Å²) in [7, 11) is 0. The quantitative estimate of drug-likeness (QED) is 0.456. The Bertz CT molecular complexity index is 1350. The maximum atomic E-state index is 13.3. The van der Waals surface area contributed by atoms with Crippen LogP contribution in [0.25, 0.3) is 22.7 Å². The van der Waals surface area contributed by atoms with E-state index in [0.717, 1.165) is 34.0 Å². The predicted molar refractivity (Wildman–Crippen MR) is 117 cm³/mol. The normalized spacial score (nSPS) is 12.2. The molecule has 4 heterocycles. The minimum atomic E-state index is -0.253. The predicted octanol–water partition coefficient (Wildman–Crippen LogP) is 4.60. The molecule has 1 unspecified atom stereocenters. The van der Waals surface area contributed by atoms with Gasteiger partial charge in [0, 0.05) is 23.5 Å². The summed E-state index contributed by atoms with van der Waals surface area (Å²) in [5.74, 6) is 1.16. The van der Waals surface area contributed by atoms with Crippen molar-refractivity contribution in [3.63, 3.8) is 0 Å². The Hall–Kier alpha value is -4.07. The van der Waals surface area contributed by atoms with E-state index in [1.165, 1.54) is 18.5 Å². The van der Waals surface area contributed by atoms with Crippen LogP contribution in [0.2, 0.25) is 0 Å². The van der Waals surface area contributed by atoms with Gasteiger partial charge < -0.3 is 5.32 Å². The summed E-state index contributed by atoms with van der Waals surface area (Å²) in [4.78, 5) is 8.92. The average molecular weight is 413 g/mol. The molecule has 4 aromatic heterocycles. The molecule has 0 spiro atoms. The third kappa shape index (κ3) is 3.75. The number of rotatable bonds is 5. The van der Waals surface area contributed by atoms with Gasteiger partial charge in [0.2, 0.25) is 0 Å². The Morgan fingerprint density at radius 1 is 1.03 bits per heavy atom. The molecule has 0 bridgehead atoms. The molecule has 0 aliphatic carbocycles. The van der Waals surface area contributed by atoms with E-state index in [2.05, 4.69) is 20.4 Å². The monoisotopic (exact) mass is 413 g/mol. The molecule has 1 aromatic carbocycles. The number of hydrogen-bond acceptors (Lipinski definition) is 5. The lowest BCUT2D eigenvalue weighted by molar-refractivity contribution is 0.626. The second-order valence-electron chi connectivity index (χ2n) is 7.36. The second-order valence-corrected chi connectivity index (χ2v) is 7.36. The maximum absolute atomic E-state index is 13.3. The molecular formula is C23H20FN7. The highest BCUT2D eigenvalue weighted by molar-refractivity contribution is 5.68. The Kier molecular flexibility index (Phi) is 4.66. The van der Waals surface area contributed by atoms with Crippen LogP contribution in [0.3, 0.4) is 0 Å². The van der Waals surface area contributed by atoms with Gasteiger partial charge in [0.05, 0.1) is 11.7 Å². The summed E-state index contributed by atoms with van der Waals surface area (Å²) in [6.45, 7) is 3.96. The minimum absolute atomic E-state index is 0.0544. The minimum Gasteiger partial charge on any atom is -0.362 e. The fraction of sp³-hybridized carbons (Fsp3) is 0.130. The Morgan fingerprint density at radius 2 is 1.87 bits per heavy atom. The van der Waals surface area contributed by atoms with Crippen LogP contribution in [-0.4, -0.2) is 29.4 Å². The van der Waals surface area contributed by atoms with Crippen LogP contribution in [0.4, 0.5) is 10.2 Å². The molecule has 0 amide bonds. The highest BCUT2D eigenvalue weighted by atomic mass is 19.1. The molecule has 8 heteroatoms. The molecular weight excluding hydrogens is 393 g/mol. The van der Waals surface area contributed by atoms with Gasteiger partial charge in [-0.25, -0.2) is 23.6 Å². The van der Waals surface area contributed by atoms with Crippen molar-refractivity contribution in [3.05, 3.63) is 90.3 Å². The van der Waals surface area contributed by atoms with Crippen LogP contribution in [0.5, 0.6) is 0 Å². The first-order valence-electron chi connectivity index (χ1n) is 9.93. The summed E-state index contributed by atoms with van der Waals surface area (Å²) in [6.07, 6.45) is 3.39. The van der Waals surface area contributed by atoms with Gasteiger partial charge in [-0.1, -0.05) is 18.2 Å². The van der Waals surface area contributed by atoms with E-state index >= 15 is 0 Å². The molecule has 0 aliphatic rings. The van der Waals surface area contributed by atoms with E-state index in [0.29, 0.717) is 5.82 Å². The third-order valence-corrected chi connectivity index (χ3v) is 5.11. The summed E-state index contributed by atoms with van der Waals surface area (Å²) in [5.41, 5.74) is 4.44. The van der Waals surface area contributed by atoms with Gasteiger partial charge in [-0.05, 0) is 55.8 Å². The number of hydrogen-bond donors (Lipinski definition) is 1. The Morgan fingerprint density at radius 3 is 2.68 bits per heavy atom. The van der Waals surface area contributed by atoms with Gasteiger partial charge in [-0.2, -0.15) is 5.10 Å². The molecule has 1 atom stereocenters. The molecule has 0 saturated heterocycles. The van der Waals surface area contributed by atoms with Crippen LogP contribution >= 0.6 is 0 Å². The standard InChI is InChI=1S/C23H20FN7/c1-15-4-3-5-22(27-15)31-20(18-10-11-30-23(12-18)25-14-26-30)13-21(29-31)28-16(2)17-6-8-19(24)9-7-17/h3-14,16H,1-2H3,(H,28,29). The topological polar surface area (TPSA) is 72.9 Å². The van der Waals surface area contributed by atoms with Crippen molar-refractivity contribution in [3.8, 4) is 17.1 Å². The second kappa shape index (κ2) is 7.64. The van der Waals surface area contributed by atoms with Gasteiger partial charge in [-0.15, -0.1) is 5.10 Å². The van der Waals surface area contributed by atoms with Crippen LogP contribution in [0.15, 0.2) is 73.2 Å². The van der Waals surface area contributed by atoms with Crippen LogP contribution < -0.4 is 5.32 Å². The fourth-order valence-electron chi connectivity index (χ4n) is 3.51. The molecule has 5 rings (SSSR count). The molecule has 7 nitrogen and oxygen atoms in total. The molecule has 0 aliphatic heterocycles. The van der Waals surface area contributed by atoms with E-state index in [-0.39, 0.29) is 11.9 Å². The summed E-state index contributed by atoms with van der Waals surface area (Å²) in [6, 6.07) is 18.1. The zero-order chi connectivity index (χ0) is 21.4. The Balaban J connectivity index is 1.57. The lowest BCUT2D eigenvalue weighted by atomic mass is 10.1. The van der Waals surface area contributed by atoms with Crippen molar-refractivity contribution < 1.29 is 4.39 Å². The number of pyridine rings is 2. The van der Waals surface area contributed by atoms with E-state index in [9.17, 15) is 4.39 Å². The van der Waals surface area contributed by atoms with Gasteiger partial charge >= 0.3 is 0 Å². The average Bonchev–Trinajstić information content (AvgIpc) is 3.40. The molecule has 0 radical (unpaired) electrons. The number of benzene rings is 1. The van der Waals surface area contributed by atoms with E-state index in [1.54, 1.807) is 16.6 Å². The summed E-state index contributed by atoms with van der Waals surface area (Å²) in [5, 5.41) is 12.3. The SMILES string of the molecule is Cc1cccc(-n2nc(NC(C)c3ccc(F)cc3)cc2-c2ccn3ncnc3c2)n1. The van der Waals surface area contributed by atoms with Crippen molar-refractivity contribution >= 4 is 11.5 Å². The highest BCUT2D eigenvalue weighted by Crippen LogP contribution is 2.28. The van der Waals surface area contributed by atoms with Gasteiger partial charge in [-0.3, -0.25) is 0 Å². The zero-order valence-corrected chi connectivity index (χ0v) is 17.1. The van der Waals surface area contributed by atoms with Crippen LogP contribution in [-0.2, 0) is 0 Å². The van der Waals surface area contributed by atoms with E-state index in [4.69, 9.17) is 5.10 Å². The Labute approximate surface area is 178 Å². The fourth-order valence-corrected chi connectivity index (χ4v) is 3.51. The van der Waals surface area contributed by atoms with E-state index < -0.39 is 0 Å². The van der Waals surface area contributed by atoms with Crippen molar-refractivity contribution in [2.45, 2.75) is 19.9 Å². The number of nitrogens with zero attached hydrogens (tertiary/aromatic N) is 6. The van der Waals surface area contributed by atoms with Gasteiger partial charge in [0.25, 0.3) is 0 Å². The number of aromatic nitrogens is 6. The number of nitrogens with one attached hydrogen (secondary N) is 1. The molecule has 31 heavy (non-hydrogen) atoms. The van der Waals surface area contributed by atoms with Gasteiger partial charge in [0.15, 0.2) is 11.5 Å². The van der Waals surface area contributed by atoms with Crippen molar-refractivity contribution in [2.24, 2.45) is 0 Å². The first-order chi connectivity index (χ1) is 15.1. The summed E-state index contributed by atoms with van der Waals surface area (Å²) < 4.78 is 16.8. The van der Waals surface area contributed by atoms with Crippen molar-refractivity contribution in [1.82, 2.24) is 29.4 Å². The largest absolute Gasteiger partial charge is 0.362 e. The highest BCUT2D eigenvalue weighted by Gasteiger charge is 2.16. The molecule has 1 N–H and O–H groups in total. The van der Waals surface area contributed by atoms with Crippen LogP contribution in [0, 0.1) is 12.7 Å². The zero-order valence-electron chi connectivity index (χ0n) is 17.1. The summed E-state index contributed by atoms with van der Waals surface area (Å²) >= 11 is 0. The first kappa shape index (κ1) is 18.9. The van der Waals surface area contributed by atoms with Gasteiger partial charge in [0.1, 0.15) is 18.0 Å². The lowest BCUT2D eigenvalue weighted by Crippen LogP contribution is -2.08. The lowest BCUT2D eigenvalue weighted by Gasteiger charge is -2.13. The van der Waals surface area contributed by atoms with Crippen LogP contribution in [0.1, 0.15) is 24.2 Å². The third-order valence-electron chi connectivity index (χ3n) is 5.11. The molecule has 0 fully saturated rings. The molecule has 5 aromatic rings. The number of halogens is 1.